The Labute approximate surface area is 170 Å². The Balaban J connectivity index is 1.49. The molecule has 2 aromatic heterocycles. The third-order valence-corrected chi connectivity index (χ3v) is 4.74. The van der Waals surface area contributed by atoms with Crippen molar-refractivity contribution >= 4 is 39.9 Å². The first-order chi connectivity index (χ1) is 13.5. The Morgan fingerprint density at radius 2 is 2.07 bits per heavy atom. The number of carbonyl (C=O) groups excluding carboxylic acids is 2. The fourth-order valence-corrected chi connectivity index (χ4v) is 3.23. The number of hydrogen-bond acceptors (Lipinski definition) is 7. The van der Waals surface area contributed by atoms with E-state index in [1.165, 1.54) is 11.3 Å². The smallest absolute Gasteiger partial charge is 0.311 e. The molecule has 0 spiro atoms. The van der Waals surface area contributed by atoms with Gasteiger partial charge in [-0.05, 0) is 31.2 Å². The maximum Gasteiger partial charge on any atom is 0.311 e. The van der Waals surface area contributed by atoms with E-state index in [0.29, 0.717) is 40.5 Å². The summed E-state index contributed by atoms with van der Waals surface area (Å²) in [6.07, 6.45) is 2.27. The first-order valence-electron chi connectivity index (χ1n) is 8.64. The molecule has 1 aromatic carbocycles. The van der Waals surface area contributed by atoms with Gasteiger partial charge in [0.05, 0.1) is 24.9 Å². The van der Waals surface area contributed by atoms with Gasteiger partial charge in [0.2, 0.25) is 5.91 Å². The van der Waals surface area contributed by atoms with Gasteiger partial charge in [0.15, 0.2) is 16.8 Å². The summed E-state index contributed by atoms with van der Waals surface area (Å²) in [4.78, 5) is 32.0. The third kappa shape index (κ3) is 5.64. The molecule has 0 unspecified atom stereocenters. The van der Waals surface area contributed by atoms with Crippen LogP contribution in [0.15, 0.2) is 40.3 Å². The molecule has 0 fully saturated rings. The lowest BCUT2D eigenvalue weighted by molar-refractivity contribution is -0.142. The lowest BCUT2D eigenvalue weighted by Crippen LogP contribution is -2.12. The molecule has 0 atom stereocenters. The third-order valence-electron chi connectivity index (χ3n) is 3.68. The van der Waals surface area contributed by atoms with E-state index in [-0.39, 0.29) is 24.7 Å². The second-order valence-corrected chi connectivity index (χ2v) is 7.09. The average molecular weight is 420 g/mol. The number of nitrogens with zero attached hydrogens (tertiary/aromatic N) is 2. The number of ether oxygens (including phenoxy) is 1. The van der Waals surface area contributed by atoms with Gasteiger partial charge in [-0.2, -0.15) is 0 Å². The van der Waals surface area contributed by atoms with Crippen LogP contribution >= 0.6 is 22.9 Å². The summed E-state index contributed by atoms with van der Waals surface area (Å²) in [5, 5.41) is 5.53. The highest BCUT2D eigenvalue weighted by Crippen LogP contribution is 2.23. The van der Waals surface area contributed by atoms with Crippen molar-refractivity contribution < 1.29 is 18.7 Å². The molecule has 0 bridgehead atoms. The quantitative estimate of drug-likeness (QED) is 0.551. The fraction of sp³-hybridized carbons (Fsp3) is 0.263. The monoisotopic (exact) mass is 419 g/mol. The number of halogens is 1. The minimum atomic E-state index is -0.342. The number of anilines is 1. The van der Waals surface area contributed by atoms with Gasteiger partial charge in [-0.1, -0.05) is 11.6 Å². The first-order valence-corrected chi connectivity index (χ1v) is 9.89. The lowest BCUT2D eigenvalue weighted by Gasteiger charge is -2.00. The number of carbonyl (C=O) groups is 2. The van der Waals surface area contributed by atoms with Crippen molar-refractivity contribution in [3.63, 3.8) is 0 Å². The molecule has 0 aliphatic carbocycles. The molecule has 9 heteroatoms. The summed E-state index contributed by atoms with van der Waals surface area (Å²) in [6.45, 7) is 2.07. The number of aryl methyl sites for hydroxylation is 1. The number of nitrogens with one attached hydrogen (secondary N) is 1. The van der Waals surface area contributed by atoms with E-state index in [4.69, 9.17) is 20.8 Å². The number of benzene rings is 1. The maximum atomic E-state index is 12.1. The van der Waals surface area contributed by atoms with Gasteiger partial charge >= 0.3 is 5.97 Å². The number of esters is 1. The van der Waals surface area contributed by atoms with E-state index in [1.54, 1.807) is 30.6 Å². The van der Waals surface area contributed by atoms with Crippen LogP contribution in [-0.4, -0.2) is 28.5 Å². The Hall–Kier alpha value is -2.71. The zero-order chi connectivity index (χ0) is 19.9. The summed E-state index contributed by atoms with van der Waals surface area (Å²) < 4.78 is 10.6. The van der Waals surface area contributed by atoms with E-state index in [1.807, 2.05) is 12.1 Å². The van der Waals surface area contributed by atoms with E-state index in [0.717, 1.165) is 5.56 Å². The Bertz CT molecular complexity index is 952. The molecule has 1 N–H and O–H groups in total. The number of rotatable bonds is 8. The van der Waals surface area contributed by atoms with Crippen LogP contribution in [0.25, 0.3) is 11.3 Å². The minimum absolute atomic E-state index is 0.0873. The molecule has 0 aliphatic rings. The van der Waals surface area contributed by atoms with Gasteiger partial charge in [-0.3, -0.25) is 9.59 Å². The van der Waals surface area contributed by atoms with Gasteiger partial charge in [0.1, 0.15) is 0 Å². The zero-order valence-corrected chi connectivity index (χ0v) is 16.7. The molecular formula is C19H18ClN3O4S. The number of amides is 1. The molecular weight excluding hydrogens is 402 g/mol. The maximum absolute atomic E-state index is 12.1. The predicted octanol–water partition coefficient (Wildman–Crippen LogP) is 4.13. The zero-order valence-electron chi connectivity index (χ0n) is 15.1. The molecule has 0 radical (unpaired) electrons. The van der Waals surface area contributed by atoms with Gasteiger partial charge in [-0.25, -0.2) is 9.97 Å². The van der Waals surface area contributed by atoms with Crippen LogP contribution in [0.4, 0.5) is 5.13 Å². The SMILES string of the molecule is CCOC(=O)Cc1csc(NC(=O)CCc2ncc(-c3ccc(Cl)cc3)o2)n1. The van der Waals surface area contributed by atoms with Crippen LogP contribution in [0, 0.1) is 0 Å². The van der Waals surface area contributed by atoms with Crippen LogP contribution in [0.1, 0.15) is 24.9 Å². The molecule has 146 valence electrons. The summed E-state index contributed by atoms with van der Waals surface area (Å²) in [5.74, 6) is 0.548. The molecule has 3 aromatic rings. The van der Waals surface area contributed by atoms with Crippen molar-refractivity contribution in [1.29, 1.82) is 0 Å². The lowest BCUT2D eigenvalue weighted by atomic mass is 10.2. The number of oxazole rings is 1. The van der Waals surface area contributed by atoms with Crippen molar-refractivity contribution in [2.24, 2.45) is 0 Å². The number of hydrogen-bond donors (Lipinski definition) is 1. The van der Waals surface area contributed by atoms with Crippen molar-refractivity contribution in [3.8, 4) is 11.3 Å². The van der Waals surface area contributed by atoms with Crippen molar-refractivity contribution in [1.82, 2.24) is 9.97 Å². The van der Waals surface area contributed by atoms with Gasteiger partial charge < -0.3 is 14.5 Å². The molecule has 0 aliphatic heterocycles. The number of thiazole rings is 1. The van der Waals surface area contributed by atoms with E-state index in [9.17, 15) is 9.59 Å². The molecule has 3 rings (SSSR count). The summed E-state index contributed by atoms with van der Waals surface area (Å²) in [7, 11) is 0. The van der Waals surface area contributed by atoms with Gasteiger partial charge in [0.25, 0.3) is 0 Å². The average Bonchev–Trinajstić information content (AvgIpc) is 3.30. The van der Waals surface area contributed by atoms with Crippen LogP contribution < -0.4 is 5.32 Å². The van der Waals surface area contributed by atoms with Gasteiger partial charge in [-0.15, -0.1) is 11.3 Å². The van der Waals surface area contributed by atoms with Crippen LogP contribution in [-0.2, 0) is 27.2 Å². The number of aromatic nitrogens is 2. The molecule has 1 amide bonds. The van der Waals surface area contributed by atoms with E-state index < -0.39 is 0 Å². The Kier molecular flexibility index (Phi) is 6.78. The molecule has 28 heavy (non-hydrogen) atoms. The van der Waals surface area contributed by atoms with Gasteiger partial charge in [0, 0.05) is 28.8 Å². The standard InChI is InChI=1S/C19H18ClN3O4S/c1-2-26-18(25)9-14-11-28-19(22-14)23-16(24)7-8-17-21-10-15(27-17)12-3-5-13(20)6-4-12/h3-6,10-11H,2,7-9H2,1H3,(H,22,23,24). The molecule has 0 saturated heterocycles. The predicted molar refractivity (Wildman–Crippen MR) is 106 cm³/mol. The van der Waals surface area contributed by atoms with Crippen LogP contribution in [0.3, 0.4) is 0 Å². The first kappa shape index (κ1) is 20.0. The summed E-state index contributed by atoms with van der Waals surface area (Å²) >= 11 is 7.14. The molecule has 7 nitrogen and oxygen atoms in total. The van der Waals surface area contributed by atoms with E-state index >= 15 is 0 Å². The highest BCUT2D eigenvalue weighted by molar-refractivity contribution is 7.13. The minimum Gasteiger partial charge on any atom is -0.466 e. The van der Waals surface area contributed by atoms with Crippen LogP contribution in [0.2, 0.25) is 5.02 Å². The van der Waals surface area contributed by atoms with Crippen LogP contribution in [0.5, 0.6) is 0 Å². The summed E-state index contributed by atoms with van der Waals surface area (Å²) in [6, 6.07) is 7.23. The molecule has 2 heterocycles. The topological polar surface area (TPSA) is 94.3 Å². The van der Waals surface area contributed by atoms with Crippen molar-refractivity contribution in [3.05, 3.63) is 52.4 Å². The second-order valence-electron chi connectivity index (χ2n) is 5.80. The summed E-state index contributed by atoms with van der Waals surface area (Å²) in [5.41, 5.74) is 1.43. The fourth-order valence-electron chi connectivity index (χ4n) is 2.38. The van der Waals surface area contributed by atoms with E-state index in [2.05, 4.69) is 15.3 Å². The molecule has 0 saturated carbocycles. The Morgan fingerprint density at radius 1 is 1.29 bits per heavy atom. The highest BCUT2D eigenvalue weighted by Gasteiger charge is 2.12. The second kappa shape index (κ2) is 9.48. The normalized spacial score (nSPS) is 10.6. The van der Waals surface area contributed by atoms with Crippen molar-refractivity contribution in [2.75, 3.05) is 11.9 Å². The van der Waals surface area contributed by atoms with Crippen molar-refractivity contribution in [2.45, 2.75) is 26.2 Å². The highest BCUT2D eigenvalue weighted by atomic mass is 35.5. The largest absolute Gasteiger partial charge is 0.466 e. The Morgan fingerprint density at radius 3 is 2.82 bits per heavy atom.